The van der Waals surface area contributed by atoms with Crippen molar-refractivity contribution in [1.29, 1.82) is 0 Å². The van der Waals surface area contributed by atoms with Crippen molar-refractivity contribution < 1.29 is 0 Å². The number of nitrogens with zero attached hydrogens (tertiary/aromatic N) is 1. The van der Waals surface area contributed by atoms with Crippen molar-refractivity contribution in [1.82, 2.24) is 4.98 Å². The molecule has 0 aliphatic heterocycles. The molecule has 1 nitrogen and oxygen atoms in total. The highest BCUT2D eigenvalue weighted by Crippen LogP contribution is 2.70. The average molecular weight is 652 g/mol. The van der Waals surface area contributed by atoms with Crippen LogP contribution < -0.4 is 0 Å². The Balaban J connectivity index is 1.02. The molecule has 48 heavy (non-hydrogen) atoms. The molecule has 230 valence electrons. The lowest BCUT2D eigenvalue weighted by Crippen LogP contribution is -2.55. The molecule has 5 aliphatic carbocycles. The van der Waals surface area contributed by atoms with E-state index in [0.29, 0.717) is 0 Å². The number of pyridine rings is 1. The third-order valence-electron chi connectivity index (χ3n) is 12.9. The van der Waals surface area contributed by atoms with Crippen LogP contribution in [-0.4, -0.2) is 4.98 Å². The first-order chi connectivity index (χ1) is 23.7. The van der Waals surface area contributed by atoms with Crippen molar-refractivity contribution in [3.63, 3.8) is 0 Å². The number of thiophene rings is 2. The van der Waals surface area contributed by atoms with Gasteiger partial charge in [0, 0.05) is 63.1 Å². The third kappa shape index (κ3) is 3.34. The van der Waals surface area contributed by atoms with Gasteiger partial charge in [-0.05, 0) is 114 Å². The van der Waals surface area contributed by atoms with Gasteiger partial charge in [0.05, 0.1) is 5.69 Å². The summed E-state index contributed by atoms with van der Waals surface area (Å²) in [5.74, 6) is 3.44. The lowest BCUT2D eigenvalue weighted by molar-refractivity contribution is -0.0393. The molecule has 5 aliphatic rings. The van der Waals surface area contributed by atoms with E-state index in [-0.39, 0.29) is 5.41 Å². The van der Waals surface area contributed by atoms with E-state index in [1.165, 1.54) is 94.7 Å². The monoisotopic (exact) mass is 651 g/mol. The van der Waals surface area contributed by atoms with E-state index in [9.17, 15) is 0 Å². The Morgan fingerprint density at radius 2 is 1.29 bits per heavy atom. The summed E-state index contributed by atoms with van der Waals surface area (Å²) in [7, 11) is 0. The topological polar surface area (TPSA) is 12.9 Å². The molecule has 4 fully saturated rings. The molecular weight excluding hydrogens is 619 g/mol. The molecule has 5 aromatic carbocycles. The van der Waals surface area contributed by atoms with Gasteiger partial charge in [0.2, 0.25) is 0 Å². The summed E-state index contributed by atoms with van der Waals surface area (Å²) in [5, 5.41) is 5.47. The summed E-state index contributed by atoms with van der Waals surface area (Å²) in [6.07, 6.45) is 9.23. The van der Waals surface area contributed by atoms with E-state index in [4.69, 9.17) is 4.98 Å². The fourth-order valence-corrected chi connectivity index (χ4v) is 13.8. The molecule has 3 heteroatoms. The zero-order valence-electron chi connectivity index (χ0n) is 26.6. The van der Waals surface area contributed by atoms with Crippen LogP contribution in [0.25, 0.3) is 73.9 Å². The number of hydrogen-bond donors (Lipinski definition) is 0. The van der Waals surface area contributed by atoms with Crippen LogP contribution in [0.1, 0.15) is 43.2 Å². The van der Waals surface area contributed by atoms with E-state index in [1.54, 1.807) is 11.1 Å². The molecule has 0 radical (unpaired) electrons. The van der Waals surface area contributed by atoms with Crippen molar-refractivity contribution >= 4 is 63.0 Å². The summed E-state index contributed by atoms with van der Waals surface area (Å²) in [4.78, 5) is 5.15. The second-order valence-electron chi connectivity index (χ2n) is 15.1. The Hall–Kier alpha value is -4.31. The summed E-state index contributed by atoms with van der Waals surface area (Å²) >= 11 is 3.91. The largest absolute Gasteiger partial charge is 0.256 e. The Morgan fingerprint density at radius 1 is 0.542 bits per heavy atom. The molecule has 3 heterocycles. The maximum atomic E-state index is 5.15. The van der Waals surface area contributed by atoms with Crippen LogP contribution in [0.4, 0.5) is 0 Å². The van der Waals surface area contributed by atoms with Gasteiger partial charge in [-0.2, -0.15) is 0 Å². The minimum Gasteiger partial charge on any atom is -0.256 e. The van der Waals surface area contributed by atoms with Gasteiger partial charge >= 0.3 is 0 Å². The van der Waals surface area contributed by atoms with Crippen molar-refractivity contribution in [2.75, 3.05) is 0 Å². The fraction of sp³-hybridized carbons (Fsp3) is 0.222. The molecule has 4 bridgehead atoms. The van der Waals surface area contributed by atoms with Crippen molar-refractivity contribution in [3.05, 3.63) is 127 Å². The summed E-state index contributed by atoms with van der Waals surface area (Å²) in [5.41, 5.74) is 11.2. The highest BCUT2D eigenvalue weighted by molar-refractivity contribution is 7.26. The van der Waals surface area contributed by atoms with E-state index in [1.807, 2.05) is 22.7 Å². The zero-order valence-corrected chi connectivity index (χ0v) is 28.2. The Morgan fingerprint density at radius 3 is 2.15 bits per heavy atom. The van der Waals surface area contributed by atoms with Gasteiger partial charge in [-0.15, -0.1) is 22.7 Å². The van der Waals surface area contributed by atoms with Crippen molar-refractivity contribution in [2.24, 2.45) is 23.7 Å². The van der Waals surface area contributed by atoms with Gasteiger partial charge in [0.25, 0.3) is 0 Å². The first-order valence-corrected chi connectivity index (χ1v) is 19.3. The highest BCUT2D eigenvalue weighted by atomic mass is 32.1. The maximum Gasteiger partial charge on any atom is 0.0709 e. The number of hydrogen-bond acceptors (Lipinski definition) is 3. The predicted octanol–water partition coefficient (Wildman–Crippen LogP) is 12.9. The molecule has 8 aromatic rings. The van der Waals surface area contributed by atoms with Gasteiger partial charge < -0.3 is 0 Å². The van der Waals surface area contributed by atoms with Crippen LogP contribution in [0.3, 0.4) is 0 Å². The van der Waals surface area contributed by atoms with Crippen LogP contribution >= 0.6 is 22.7 Å². The second kappa shape index (κ2) is 9.43. The van der Waals surface area contributed by atoms with Gasteiger partial charge in [0.1, 0.15) is 0 Å². The number of aromatic nitrogens is 1. The van der Waals surface area contributed by atoms with Gasteiger partial charge in [0.15, 0.2) is 0 Å². The third-order valence-corrected chi connectivity index (χ3v) is 15.3. The maximum absolute atomic E-state index is 5.15. The summed E-state index contributed by atoms with van der Waals surface area (Å²) < 4.78 is 5.60. The summed E-state index contributed by atoms with van der Waals surface area (Å²) in [6.45, 7) is 0. The minimum atomic E-state index is 0.175. The first-order valence-electron chi connectivity index (χ1n) is 17.7. The Bertz CT molecular complexity index is 2610. The van der Waals surface area contributed by atoms with E-state index < -0.39 is 0 Å². The van der Waals surface area contributed by atoms with Crippen molar-refractivity contribution in [2.45, 2.75) is 37.5 Å². The molecule has 0 N–H and O–H groups in total. The van der Waals surface area contributed by atoms with Gasteiger partial charge in [-0.25, -0.2) is 0 Å². The molecule has 0 unspecified atom stereocenters. The van der Waals surface area contributed by atoms with Crippen LogP contribution in [0.5, 0.6) is 0 Å². The fourth-order valence-electron chi connectivity index (χ4n) is 11.4. The summed E-state index contributed by atoms with van der Waals surface area (Å²) in [6, 6.07) is 41.4. The van der Waals surface area contributed by atoms with Crippen LogP contribution in [0.2, 0.25) is 0 Å². The lowest BCUT2D eigenvalue weighted by atomic mass is 9.43. The molecular formula is C45H33NS2. The molecule has 3 aromatic heterocycles. The second-order valence-corrected chi connectivity index (χ2v) is 17.2. The molecule has 4 saturated carbocycles. The standard InChI is InChI=1S/C45H33NS2/c1-3-9-37-31(6-1)33-14-15-35-42-34(38-16-12-28(24-46-38)27-13-17-40-36(23-27)32-7-2-4-10-39(32)47-40)8-5-11-41(42)48-44(35)43(33)45(37)29-19-25-18-26(21-29)22-30(45)20-25/h1-17,23-26,29-30H,18-22H2. The molecule has 0 amide bonds. The van der Waals surface area contributed by atoms with Crippen LogP contribution in [0.15, 0.2) is 115 Å². The number of benzene rings is 5. The molecule has 0 atom stereocenters. The SMILES string of the molecule is c1ccc2c(c1)-c1ccc3c(sc4cccc(-c5ccc(-c6ccc7sc8ccccc8c7c6)cn5)c43)c1C21C2CC3CC(C2)CC1C3. The highest BCUT2D eigenvalue weighted by Gasteiger charge is 2.62. The normalized spacial score (nSPS) is 25.2. The Kier molecular flexibility index (Phi) is 5.23. The van der Waals surface area contributed by atoms with Gasteiger partial charge in [-0.1, -0.05) is 78.9 Å². The van der Waals surface area contributed by atoms with Gasteiger partial charge in [-0.3, -0.25) is 4.98 Å². The Labute approximate surface area is 287 Å². The molecule has 1 spiro atoms. The zero-order chi connectivity index (χ0) is 31.1. The first kappa shape index (κ1) is 26.6. The van der Waals surface area contributed by atoms with Crippen molar-refractivity contribution in [3.8, 4) is 33.5 Å². The smallest absolute Gasteiger partial charge is 0.0709 e. The number of fused-ring (bicyclic) bond motifs is 10. The average Bonchev–Trinajstić information content (AvgIpc) is 3.79. The lowest BCUT2D eigenvalue weighted by Gasteiger charge is -2.61. The molecule has 13 rings (SSSR count). The quantitative estimate of drug-likeness (QED) is 0.181. The van der Waals surface area contributed by atoms with E-state index >= 15 is 0 Å². The van der Waals surface area contributed by atoms with Crippen LogP contribution in [0, 0.1) is 23.7 Å². The minimum absolute atomic E-state index is 0.175. The number of rotatable bonds is 2. The van der Waals surface area contributed by atoms with E-state index in [0.717, 1.165) is 34.9 Å². The molecule has 0 saturated heterocycles. The van der Waals surface area contributed by atoms with E-state index in [2.05, 4.69) is 115 Å². The predicted molar refractivity (Wildman–Crippen MR) is 204 cm³/mol. The van der Waals surface area contributed by atoms with Crippen LogP contribution in [-0.2, 0) is 5.41 Å².